The van der Waals surface area contributed by atoms with Gasteiger partial charge in [0, 0.05) is 11.3 Å². The Morgan fingerprint density at radius 3 is 1.56 bits per heavy atom. The molecule has 0 aromatic heterocycles. The van der Waals surface area contributed by atoms with E-state index in [-0.39, 0.29) is 21.3 Å². The fourth-order valence-electron chi connectivity index (χ4n) is 5.98. The van der Waals surface area contributed by atoms with Crippen molar-refractivity contribution < 1.29 is 0 Å². The monoisotopic (exact) mass is 464 g/mol. The fraction of sp³-hybridized carbons (Fsp3) is 0.533. The molecule has 0 aliphatic carbocycles. The van der Waals surface area contributed by atoms with E-state index in [0.29, 0.717) is 11.3 Å². The van der Waals surface area contributed by atoms with Crippen molar-refractivity contribution >= 4 is 15.8 Å². The zero-order valence-corrected chi connectivity index (χ0v) is 22.6. The standard InChI is InChI=1S/C30H42P2/c1-6-25-18-19-26(7-2)32(25)29(30(3,4)5)22-31-27(23-14-10-8-11-15-23)20-21-28(31)24-16-12-9-13-17-24/h8-17,22,25-28H,6-7,18-21H2,1-5H3/b29-22-/t25-,26?,27+,28+,32?/m1/s1. The highest BCUT2D eigenvalue weighted by Gasteiger charge is 2.42. The third kappa shape index (κ3) is 5.08. The summed E-state index contributed by atoms with van der Waals surface area (Å²) in [4.78, 5) is 0. The lowest BCUT2D eigenvalue weighted by Gasteiger charge is -2.37. The summed E-state index contributed by atoms with van der Waals surface area (Å²) in [6, 6.07) is 22.9. The summed E-state index contributed by atoms with van der Waals surface area (Å²) in [5, 5.41) is 1.86. The fourth-order valence-corrected chi connectivity index (χ4v) is 14.1. The van der Waals surface area contributed by atoms with E-state index in [9.17, 15) is 0 Å². The van der Waals surface area contributed by atoms with Gasteiger partial charge in [-0.2, -0.15) is 0 Å². The zero-order valence-electron chi connectivity index (χ0n) is 20.8. The molecule has 2 saturated heterocycles. The molecule has 2 fully saturated rings. The van der Waals surface area contributed by atoms with Gasteiger partial charge in [0.05, 0.1) is 0 Å². The van der Waals surface area contributed by atoms with Gasteiger partial charge in [0.2, 0.25) is 0 Å². The largest absolute Gasteiger partial charge is 0.0728 e. The maximum atomic E-state index is 2.92. The van der Waals surface area contributed by atoms with Crippen molar-refractivity contribution in [3.8, 4) is 0 Å². The Bertz CT molecular complexity index is 821. The Labute approximate surface area is 199 Å². The van der Waals surface area contributed by atoms with Gasteiger partial charge < -0.3 is 0 Å². The minimum Gasteiger partial charge on any atom is -0.0728 e. The molecule has 0 spiro atoms. The van der Waals surface area contributed by atoms with Crippen LogP contribution in [-0.4, -0.2) is 11.3 Å². The summed E-state index contributed by atoms with van der Waals surface area (Å²) in [7, 11) is -0.277. The van der Waals surface area contributed by atoms with Crippen LogP contribution < -0.4 is 0 Å². The van der Waals surface area contributed by atoms with Crippen LogP contribution in [0.5, 0.6) is 0 Å². The summed E-state index contributed by atoms with van der Waals surface area (Å²) < 4.78 is 0. The van der Waals surface area contributed by atoms with Gasteiger partial charge >= 0.3 is 0 Å². The molecule has 0 amide bonds. The number of rotatable bonds is 6. The van der Waals surface area contributed by atoms with Gasteiger partial charge in [0.1, 0.15) is 0 Å². The lowest BCUT2D eigenvalue weighted by molar-refractivity contribution is 0.530. The van der Waals surface area contributed by atoms with E-state index >= 15 is 0 Å². The molecular formula is C30H42P2. The second kappa shape index (κ2) is 10.5. The average Bonchev–Trinajstić information content (AvgIpc) is 3.41. The van der Waals surface area contributed by atoms with E-state index in [1.165, 1.54) is 38.5 Å². The molecule has 4 rings (SSSR count). The van der Waals surface area contributed by atoms with Crippen molar-refractivity contribution in [1.29, 1.82) is 0 Å². The molecule has 0 radical (unpaired) electrons. The number of allylic oxidation sites excluding steroid dienone is 1. The molecule has 2 aromatic rings. The highest BCUT2D eigenvalue weighted by molar-refractivity contribution is 7.67. The first-order chi connectivity index (χ1) is 15.4. The van der Waals surface area contributed by atoms with Gasteiger partial charge in [0.25, 0.3) is 0 Å². The summed E-state index contributed by atoms with van der Waals surface area (Å²) in [5.74, 6) is 2.92. The smallest absolute Gasteiger partial charge is 0.00822 e. The van der Waals surface area contributed by atoms with Gasteiger partial charge in [-0.1, -0.05) is 117 Å². The van der Waals surface area contributed by atoms with Crippen molar-refractivity contribution in [3.63, 3.8) is 0 Å². The van der Waals surface area contributed by atoms with Crippen LogP contribution in [-0.2, 0) is 0 Å². The molecule has 2 heteroatoms. The van der Waals surface area contributed by atoms with Gasteiger partial charge in [-0.15, -0.1) is 0 Å². The van der Waals surface area contributed by atoms with Gasteiger partial charge in [0.15, 0.2) is 0 Å². The summed E-state index contributed by atoms with van der Waals surface area (Å²) in [6.45, 7) is 12.4. The first kappa shape index (κ1) is 24.2. The number of hydrogen-bond acceptors (Lipinski definition) is 0. The molecule has 2 aliphatic rings. The lowest BCUT2D eigenvalue weighted by Crippen LogP contribution is -2.15. The van der Waals surface area contributed by atoms with Crippen molar-refractivity contribution in [2.75, 3.05) is 0 Å². The normalized spacial score (nSPS) is 29.5. The quantitative estimate of drug-likeness (QED) is 0.373. The Hall–Kier alpha value is -0.960. The predicted molar refractivity (Wildman–Crippen MR) is 146 cm³/mol. The van der Waals surface area contributed by atoms with Crippen LogP contribution >= 0.6 is 15.8 Å². The van der Waals surface area contributed by atoms with Crippen LogP contribution in [0.1, 0.15) is 95.6 Å². The second-order valence-corrected chi connectivity index (χ2v) is 15.9. The maximum absolute atomic E-state index is 2.92. The van der Waals surface area contributed by atoms with Crippen LogP contribution in [0.25, 0.3) is 0 Å². The number of benzene rings is 2. The third-order valence-corrected chi connectivity index (χ3v) is 15.2. The van der Waals surface area contributed by atoms with Crippen LogP contribution in [0, 0.1) is 5.41 Å². The molecule has 2 aromatic carbocycles. The molecule has 0 saturated carbocycles. The highest BCUT2D eigenvalue weighted by atomic mass is 31.1. The molecule has 32 heavy (non-hydrogen) atoms. The molecule has 2 aliphatic heterocycles. The first-order valence-corrected chi connectivity index (χ1v) is 15.8. The van der Waals surface area contributed by atoms with Crippen LogP contribution in [0.2, 0.25) is 0 Å². The van der Waals surface area contributed by atoms with E-state index in [1.54, 1.807) is 11.1 Å². The number of hydrogen-bond donors (Lipinski definition) is 0. The Morgan fingerprint density at radius 2 is 1.19 bits per heavy atom. The third-order valence-electron chi connectivity index (χ3n) is 7.68. The van der Waals surface area contributed by atoms with Crippen molar-refractivity contribution in [2.45, 2.75) is 95.8 Å². The van der Waals surface area contributed by atoms with Crippen molar-refractivity contribution in [2.24, 2.45) is 5.41 Å². The minimum absolute atomic E-state index is 0.0384. The van der Waals surface area contributed by atoms with E-state index in [0.717, 1.165) is 11.3 Å². The van der Waals surface area contributed by atoms with E-state index in [1.807, 2.05) is 5.31 Å². The van der Waals surface area contributed by atoms with Crippen molar-refractivity contribution in [1.82, 2.24) is 0 Å². The van der Waals surface area contributed by atoms with Crippen LogP contribution in [0.3, 0.4) is 0 Å². The molecule has 0 bridgehead atoms. The average molecular weight is 465 g/mol. The van der Waals surface area contributed by atoms with Crippen molar-refractivity contribution in [3.05, 3.63) is 82.9 Å². The molecule has 0 nitrogen and oxygen atoms in total. The Balaban J connectivity index is 1.80. The topological polar surface area (TPSA) is 0 Å². The summed E-state index contributed by atoms with van der Waals surface area (Å²) in [5.41, 5.74) is 6.68. The zero-order chi connectivity index (χ0) is 22.7. The van der Waals surface area contributed by atoms with E-state index in [2.05, 4.69) is 101 Å². The molecular weight excluding hydrogens is 422 g/mol. The predicted octanol–water partition coefficient (Wildman–Crippen LogP) is 10.5. The van der Waals surface area contributed by atoms with Crippen LogP contribution in [0.4, 0.5) is 0 Å². The second-order valence-electron chi connectivity index (χ2n) is 10.8. The lowest BCUT2D eigenvalue weighted by atomic mass is 9.97. The highest BCUT2D eigenvalue weighted by Crippen LogP contribution is 2.75. The van der Waals surface area contributed by atoms with Gasteiger partial charge in [-0.3, -0.25) is 0 Å². The molecule has 5 atom stereocenters. The summed E-state index contributed by atoms with van der Waals surface area (Å²) in [6.07, 6.45) is 8.28. The van der Waals surface area contributed by atoms with Gasteiger partial charge in [-0.25, -0.2) is 0 Å². The first-order valence-electron chi connectivity index (χ1n) is 12.8. The van der Waals surface area contributed by atoms with Gasteiger partial charge in [-0.05, 0) is 71.7 Å². The Kier molecular flexibility index (Phi) is 7.96. The molecule has 0 N–H and O–H groups in total. The summed E-state index contributed by atoms with van der Waals surface area (Å²) >= 11 is 0. The molecule has 172 valence electrons. The minimum atomic E-state index is -0.238. The Morgan fingerprint density at radius 1 is 0.750 bits per heavy atom. The SMILES string of the molecule is CCC1CC[C@@H](CC)P1/C(=C\P1[C@H](c2ccccc2)CC[C@H]1c1ccccc1)C(C)(C)C. The molecule has 2 unspecified atom stereocenters. The molecule has 2 heterocycles. The van der Waals surface area contributed by atoms with E-state index in [4.69, 9.17) is 0 Å². The van der Waals surface area contributed by atoms with Crippen LogP contribution in [0.15, 0.2) is 71.8 Å². The van der Waals surface area contributed by atoms with E-state index < -0.39 is 0 Å². The maximum Gasteiger partial charge on any atom is 0.00822 e.